The van der Waals surface area contributed by atoms with Crippen LogP contribution in [0.3, 0.4) is 0 Å². The summed E-state index contributed by atoms with van der Waals surface area (Å²) in [6, 6.07) is 5.84. The molecule has 16 heavy (non-hydrogen) atoms. The molecule has 0 aliphatic heterocycles. The maximum absolute atomic E-state index is 13.2. The molecule has 0 atom stereocenters. The van der Waals surface area contributed by atoms with Gasteiger partial charge in [0.25, 0.3) is 5.91 Å². The Morgan fingerprint density at radius 1 is 1.38 bits per heavy atom. The van der Waals surface area contributed by atoms with Gasteiger partial charge in [0.2, 0.25) is 0 Å². The molecule has 88 valence electrons. The van der Waals surface area contributed by atoms with Crippen LogP contribution in [-0.2, 0) is 4.74 Å². The van der Waals surface area contributed by atoms with Crippen molar-refractivity contribution in [2.24, 2.45) is 5.73 Å². The Bertz CT molecular complexity index is 345. The summed E-state index contributed by atoms with van der Waals surface area (Å²) in [6.45, 7) is 1.61. The molecule has 0 spiro atoms. The molecule has 0 saturated heterocycles. The van der Waals surface area contributed by atoms with Crippen molar-refractivity contribution in [2.75, 3.05) is 26.3 Å². The number of rotatable bonds is 6. The van der Waals surface area contributed by atoms with Crippen molar-refractivity contribution in [1.29, 1.82) is 0 Å². The molecule has 4 nitrogen and oxygen atoms in total. The van der Waals surface area contributed by atoms with Gasteiger partial charge in [-0.05, 0) is 12.1 Å². The first-order chi connectivity index (χ1) is 7.75. The fourth-order valence-electron chi connectivity index (χ4n) is 1.16. The van der Waals surface area contributed by atoms with E-state index >= 15 is 0 Å². The summed E-state index contributed by atoms with van der Waals surface area (Å²) in [5.41, 5.74) is 5.26. The summed E-state index contributed by atoms with van der Waals surface area (Å²) in [6.07, 6.45) is 0. The van der Waals surface area contributed by atoms with Gasteiger partial charge in [-0.3, -0.25) is 4.79 Å². The lowest BCUT2D eigenvalue weighted by Crippen LogP contribution is -2.28. The zero-order valence-corrected chi connectivity index (χ0v) is 8.91. The van der Waals surface area contributed by atoms with Gasteiger partial charge in [0.05, 0.1) is 18.8 Å². The highest BCUT2D eigenvalue weighted by molar-refractivity contribution is 5.94. The molecule has 1 aromatic rings. The lowest BCUT2D eigenvalue weighted by Gasteiger charge is -2.06. The minimum absolute atomic E-state index is 0.0429. The second kappa shape index (κ2) is 6.92. The molecule has 0 bridgehead atoms. The van der Waals surface area contributed by atoms with Crippen molar-refractivity contribution in [2.45, 2.75) is 0 Å². The summed E-state index contributed by atoms with van der Waals surface area (Å²) in [4.78, 5) is 11.5. The van der Waals surface area contributed by atoms with Crippen molar-refractivity contribution >= 4 is 5.91 Å². The van der Waals surface area contributed by atoms with Crippen LogP contribution in [0, 0.1) is 5.82 Å². The Balaban J connectivity index is 2.33. The third-order valence-corrected chi connectivity index (χ3v) is 1.91. The van der Waals surface area contributed by atoms with Crippen LogP contribution in [0.2, 0.25) is 0 Å². The summed E-state index contributed by atoms with van der Waals surface area (Å²) in [5.74, 6) is -0.961. The van der Waals surface area contributed by atoms with Crippen molar-refractivity contribution in [1.82, 2.24) is 5.32 Å². The molecule has 0 heterocycles. The van der Waals surface area contributed by atoms with E-state index in [-0.39, 0.29) is 5.56 Å². The van der Waals surface area contributed by atoms with Crippen molar-refractivity contribution < 1.29 is 13.9 Å². The first-order valence-electron chi connectivity index (χ1n) is 5.06. The average Bonchev–Trinajstić information content (AvgIpc) is 2.29. The van der Waals surface area contributed by atoms with E-state index in [0.29, 0.717) is 26.3 Å². The number of hydrogen-bond acceptors (Lipinski definition) is 3. The topological polar surface area (TPSA) is 64.3 Å². The number of halogens is 1. The number of amides is 1. The van der Waals surface area contributed by atoms with Crippen molar-refractivity contribution in [3.05, 3.63) is 35.6 Å². The number of benzene rings is 1. The second-order valence-corrected chi connectivity index (χ2v) is 3.14. The van der Waals surface area contributed by atoms with Gasteiger partial charge in [0, 0.05) is 13.1 Å². The number of carbonyl (C=O) groups excluding carboxylic acids is 1. The highest BCUT2D eigenvalue weighted by atomic mass is 19.1. The van der Waals surface area contributed by atoms with Crippen LogP contribution in [0.1, 0.15) is 10.4 Å². The van der Waals surface area contributed by atoms with Crippen LogP contribution < -0.4 is 11.1 Å². The minimum Gasteiger partial charge on any atom is -0.378 e. The molecule has 0 aromatic heterocycles. The van der Waals surface area contributed by atoms with E-state index in [9.17, 15) is 9.18 Å². The molecule has 3 N–H and O–H groups in total. The van der Waals surface area contributed by atoms with E-state index in [1.54, 1.807) is 6.07 Å². The van der Waals surface area contributed by atoms with E-state index in [0.717, 1.165) is 0 Å². The average molecular weight is 226 g/mol. The number of nitrogens with two attached hydrogens (primary N) is 1. The molecule has 0 unspecified atom stereocenters. The number of hydrogen-bond donors (Lipinski definition) is 2. The Hall–Kier alpha value is -1.46. The van der Waals surface area contributed by atoms with E-state index in [2.05, 4.69) is 5.32 Å². The number of ether oxygens (including phenoxy) is 1. The van der Waals surface area contributed by atoms with Crippen molar-refractivity contribution in [3.63, 3.8) is 0 Å². The Labute approximate surface area is 93.6 Å². The summed E-state index contributed by atoms with van der Waals surface area (Å²) < 4.78 is 18.2. The van der Waals surface area contributed by atoms with E-state index < -0.39 is 11.7 Å². The fourth-order valence-corrected chi connectivity index (χ4v) is 1.16. The maximum atomic E-state index is 13.2. The molecule has 0 radical (unpaired) electrons. The molecule has 5 heteroatoms. The molecular weight excluding hydrogens is 211 g/mol. The monoisotopic (exact) mass is 226 g/mol. The van der Waals surface area contributed by atoms with Crippen LogP contribution in [0.5, 0.6) is 0 Å². The lowest BCUT2D eigenvalue weighted by molar-refractivity contribution is 0.0916. The van der Waals surface area contributed by atoms with Crippen LogP contribution in [-0.4, -0.2) is 32.2 Å². The molecule has 0 aliphatic rings. The normalized spacial score (nSPS) is 10.1. The van der Waals surface area contributed by atoms with Crippen molar-refractivity contribution in [3.8, 4) is 0 Å². The van der Waals surface area contributed by atoms with Crippen LogP contribution in [0.25, 0.3) is 0 Å². The number of carbonyl (C=O) groups is 1. The van der Waals surface area contributed by atoms with Crippen LogP contribution >= 0.6 is 0 Å². The van der Waals surface area contributed by atoms with E-state index in [1.807, 2.05) is 0 Å². The van der Waals surface area contributed by atoms with E-state index in [1.165, 1.54) is 18.2 Å². The van der Waals surface area contributed by atoms with Gasteiger partial charge in [-0.15, -0.1) is 0 Å². The second-order valence-electron chi connectivity index (χ2n) is 3.14. The highest BCUT2D eigenvalue weighted by Crippen LogP contribution is 2.05. The molecule has 1 aromatic carbocycles. The fraction of sp³-hybridized carbons (Fsp3) is 0.364. The highest BCUT2D eigenvalue weighted by Gasteiger charge is 2.09. The standard InChI is InChI=1S/C11H15FN2O2/c12-10-4-2-1-3-9(10)11(15)14-6-8-16-7-5-13/h1-4H,5-8,13H2,(H,14,15). The minimum atomic E-state index is -0.525. The van der Waals surface area contributed by atoms with Gasteiger partial charge < -0.3 is 15.8 Å². The van der Waals surface area contributed by atoms with Gasteiger partial charge in [-0.25, -0.2) is 4.39 Å². The summed E-state index contributed by atoms with van der Waals surface area (Å²) in [7, 11) is 0. The number of nitrogens with one attached hydrogen (secondary N) is 1. The van der Waals surface area contributed by atoms with Crippen LogP contribution in [0.4, 0.5) is 4.39 Å². The third-order valence-electron chi connectivity index (χ3n) is 1.91. The smallest absolute Gasteiger partial charge is 0.254 e. The quantitative estimate of drug-likeness (QED) is 0.695. The Morgan fingerprint density at radius 2 is 2.12 bits per heavy atom. The zero-order valence-electron chi connectivity index (χ0n) is 8.91. The molecule has 0 saturated carbocycles. The third kappa shape index (κ3) is 3.96. The Morgan fingerprint density at radius 3 is 2.81 bits per heavy atom. The van der Waals surface area contributed by atoms with Gasteiger partial charge in [-0.2, -0.15) is 0 Å². The van der Waals surface area contributed by atoms with Gasteiger partial charge >= 0.3 is 0 Å². The largest absolute Gasteiger partial charge is 0.378 e. The zero-order chi connectivity index (χ0) is 11.8. The summed E-state index contributed by atoms with van der Waals surface area (Å²) >= 11 is 0. The van der Waals surface area contributed by atoms with Crippen LogP contribution in [0.15, 0.2) is 24.3 Å². The van der Waals surface area contributed by atoms with E-state index in [4.69, 9.17) is 10.5 Å². The Kier molecular flexibility index (Phi) is 5.45. The van der Waals surface area contributed by atoms with Gasteiger partial charge in [-0.1, -0.05) is 12.1 Å². The van der Waals surface area contributed by atoms with Gasteiger partial charge in [0.1, 0.15) is 5.82 Å². The first-order valence-corrected chi connectivity index (χ1v) is 5.06. The SMILES string of the molecule is NCCOCCNC(=O)c1ccccc1F. The molecule has 1 rings (SSSR count). The molecular formula is C11H15FN2O2. The molecule has 0 aliphatic carbocycles. The predicted molar refractivity (Wildman–Crippen MR) is 58.6 cm³/mol. The predicted octanol–water partition coefficient (Wildman–Crippen LogP) is 0.531. The maximum Gasteiger partial charge on any atom is 0.254 e. The summed E-state index contributed by atoms with van der Waals surface area (Å²) in [5, 5.41) is 2.55. The first kappa shape index (κ1) is 12.6. The molecule has 0 fully saturated rings. The molecule has 1 amide bonds. The van der Waals surface area contributed by atoms with Gasteiger partial charge in [0.15, 0.2) is 0 Å². The lowest BCUT2D eigenvalue weighted by atomic mass is 10.2.